The van der Waals surface area contributed by atoms with Crippen molar-refractivity contribution in [2.75, 3.05) is 25.0 Å². The Labute approximate surface area is 133 Å². The lowest BCUT2D eigenvalue weighted by Gasteiger charge is -2.34. The average molecular weight is 312 g/mol. The van der Waals surface area contributed by atoms with Crippen molar-refractivity contribution in [2.45, 2.75) is 38.8 Å². The van der Waals surface area contributed by atoms with Gasteiger partial charge in [0.05, 0.1) is 6.54 Å². The fraction of sp³-hybridized carbons (Fsp3) is 0.562. The predicted molar refractivity (Wildman–Crippen MR) is 90.1 cm³/mol. The van der Waals surface area contributed by atoms with Crippen LogP contribution < -0.4 is 10.6 Å². The fourth-order valence-corrected chi connectivity index (χ4v) is 2.58. The van der Waals surface area contributed by atoms with E-state index in [1.807, 2.05) is 30.3 Å². The Kier molecular flexibility index (Phi) is 7.54. The van der Waals surface area contributed by atoms with Crippen LogP contribution in [0.25, 0.3) is 0 Å². The van der Waals surface area contributed by atoms with E-state index in [9.17, 15) is 4.79 Å². The van der Waals surface area contributed by atoms with E-state index in [4.69, 9.17) is 0 Å². The number of hydrogen-bond acceptors (Lipinski definition) is 3. The minimum absolute atomic E-state index is 0. The molecule has 4 nitrogen and oxygen atoms in total. The molecule has 1 aliphatic heterocycles. The molecule has 1 amide bonds. The number of carbonyl (C=O) groups is 1. The first-order valence-corrected chi connectivity index (χ1v) is 7.47. The maximum atomic E-state index is 11.9. The number of amides is 1. The molecule has 0 aromatic heterocycles. The highest BCUT2D eigenvalue weighted by molar-refractivity contribution is 5.85. The number of anilines is 1. The molecule has 0 saturated carbocycles. The van der Waals surface area contributed by atoms with Gasteiger partial charge < -0.3 is 15.5 Å². The summed E-state index contributed by atoms with van der Waals surface area (Å²) in [5, 5.41) is 6.26. The average Bonchev–Trinajstić information content (AvgIpc) is 2.47. The highest BCUT2D eigenvalue weighted by atomic mass is 35.5. The van der Waals surface area contributed by atoms with Gasteiger partial charge in [-0.05, 0) is 38.8 Å². The molecule has 1 aromatic carbocycles. The van der Waals surface area contributed by atoms with Gasteiger partial charge in [-0.3, -0.25) is 4.79 Å². The monoisotopic (exact) mass is 311 g/mol. The summed E-state index contributed by atoms with van der Waals surface area (Å²) in [6.07, 6.45) is 2.10. The first kappa shape index (κ1) is 17.8. The van der Waals surface area contributed by atoms with Crippen LogP contribution in [0.5, 0.6) is 0 Å². The normalized spacial score (nSPS) is 16.3. The van der Waals surface area contributed by atoms with E-state index in [1.165, 1.54) is 0 Å². The number of piperidine rings is 1. The summed E-state index contributed by atoms with van der Waals surface area (Å²) in [5.74, 6) is 0.0804. The van der Waals surface area contributed by atoms with Gasteiger partial charge in [-0.25, -0.2) is 0 Å². The topological polar surface area (TPSA) is 44.4 Å². The highest BCUT2D eigenvalue weighted by Crippen LogP contribution is 2.12. The lowest BCUT2D eigenvalue weighted by atomic mass is 10.0. The maximum Gasteiger partial charge on any atom is 0.239 e. The van der Waals surface area contributed by atoms with Gasteiger partial charge in [0.15, 0.2) is 0 Å². The largest absolute Gasteiger partial charge is 0.376 e. The quantitative estimate of drug-likeness (QED) is 0.878. The Balaban J connectivity index is 0.00000220. The molecule has 0 atom stereocenters. The summed E-state index contributed by atoms with van der Waals surface area (Å²) in [5.41, 5.74) is 0.984. The van der Waals surface area contributed by atoms with Gasteiger partial charge in [-0.15, -0.1) is 12.4 Å². The van der Waals surface area contributed by atoms with Crippen LogP contribution >= 0.6 is 12.4 Å². The van der Waals surface area contributed by atoms with Crippen LogP contribution in [-0.2, 0) is 4.79 Å². The minimum atomic E-state index is 0. The Morgan fingerprint density at radius 1 is 1.24 bits per heavy atom. The number of nitrogens with one attached hydrogen (secondary N) is 2. The summed E-state index contributed by atoms with van der Waals surface area (Å²) in [4.78, 5) is 14.4. The third kappa shape index (κ3) is 5.94. The number of nitrogens with zero attached hydrogens (tertiary/aromatic N) is 1. The predicted octanol–water partition coefficient (Wildman–Crippen LogP) is 2.51. The van der Waals surface area contributed by atoms with E-state index < -0.39 is 0 Å². The molecule has 0 aliphatic carbocycles. The first-order chi connectivity index (χ1) is 9.65. The number of likely N-dealkylation sites (tertiary alicyclic amines) is 1. The van der Waals surface area contributed by atoms with Gasteiger partial charge in [0, 0.05) is 30.9 Å². The molecule has 0 spiro atoms. The van der Waals surface area contributed by atoms with Crippen molar-refractivity contribution in [1.29, 1.82) is 0 Å². The van der Waals surface area contributed by atoms with Gasteiger partial charge in [0.2, 0.25) is 5.91 Å². The first-order valence-electron chi connectivity index (χ1n) is 7.47. The summed E-state index contributed by atoms with van der Waals surface area (Å²) in [7, 11) is 0. The van der Waals surface area contributed by atoms with Gasteiger partial charge in [0.1, 0.15) is 0 Å². The van der Waals surface area contributed by atoms with Crippen molar-refractivity contribution in [1.82, 2.24) is 10.2 Å². The lowest BCUT2D eigenvalue weighted by Crippen LogP contribution is -2.47. The Bertz CT molecular complexity index is 417. The smallest absolute Gasteiger partial charge is 0.239 e. The molecular formula is C16H26ClN3O. The van der Waals surface area contributed by atoms with Crippen LogP contribution in [0.15, 0.2) is 30.3 Å². The van der Waals surface area contributed by atoms with Crippen LogP contribution in [0.4, 0.5) is 5.69 Å². The zero-order valence-electron chi connectivity index (χ0n) is 12.8. The molecule has 0 unspecified atom stereocenters. The molecule has 1 aromatic rings. The van der Waals surface area contributed by atoms with Crippen molar-refractivity contribution >= 4 is 24.0 Å². The van der Waals surface area contributed by atoms with Crippen LogP contribution in [0, 0.1) is 0 Å². The maximum absolute atomic E-state index is 11.9. The standard InChI is InChI=1S/C16H25N3O.ClH/c1-13(2)19-10-8-15(9-11-19)18-16(20)12-17-14-6-4-3-5-7-14;/h3-7,13,15,17H,8-12H2,1-2H3,(H,18,20);1H. The third-order valence-corrected chi connectivity index (χ3v) is 3.85. The molecule has 1 saturated heterocycles. The van der Waals surface area contributed by atoms with Crippen LogP contribution in [0.2, 0.25) is 0 Å². The number of benzene rings is 1. The van der Waals surface area contributed by atoms with E-state index in [2.05, 4.69) is 29.4 Å². The fourth-order valence-electron chi connectivity index (χ4n) is 2.58. The van der Waals surface area contributed by atoms with Crippen LogP contribution in [-0.4, -0.2) is 42.5 Å². The number of halogens is 1. The van der Waals surface area contributed by atoms with Gasteiger partial charge in [-0.2, -0.15) is 0 Å². The van der Waals surface area contributed by atoms with Gasteiger partial charge in [-0.1, -0.05) is 18.2 Å². The molecule has 1 aliphatic rings. The second kappa shape index (κ2) is 8.90. The van der Waals surface area contributed by atoms with Crippen LogP contribution in [0.1, 0.15) is 26.7 Å². The van der Waals surface area contributed by atoms with Crippen molar-refractivity contribution in [2.24, 2.45) is 0 Å². The summed E-state index contributed by atoms with van der Waals surface area (Å²) < 4.78 is 0. The molecule has 0 radical (unpaired) electrons. The SMILES string of the molecule is CC(C)N1CCC(NC(=O)CNc2ccccc2)CC1.Cl. The Morgan fingerprint density at radius 2 is 1.86 bits per heavy atom. The molecule has 118 valence electrons. The van der Waals surface area contributed by atoms with Crippen LogP contribution in [0.3, 0.4) is 0 Å². The highest BCUT2D eigenvalue weighted by Gasteiger charge is 2.21. The third-order valence-electron chi connectivity index (χ3n) is 3.85. The number of carbonyl (C=O) groups excluding carboxylic acids is 1. The van der Waals surface area contributed by atoms with E-state index >= 15 is 0 Å². The van der Waals surface area contributed by atoms with E-state index in [1.54, 1.807) is 0 Å². The van der Waals surface area contributed by atoms with Crippen molar-refractivity contribution in [3.8, 4) is 0 Å². The number of rotatable bonds is 5. The Hall–Kier alpha value is -1.26. The van der Waals surface area contributed by atoms with Crippen molar-refractivity contribution in [3.63, 3.8) is 0 Å². The van der Waals surface area contributed by atoms with Gasteiger partial charge in [0.25, 0.3) is 0 Å². The second-order valence-corrected chi connectivity index (χ2v) is 5.69. The molecule has 2 rings (SSSR count). The molecule has 21 heavy (non-hydrogen) atoms. The molecule has 1 fully saturated rings. The summed E-state index contributed by atoms with van der Waals surface area (Å²) >= 11 is 0. The second-order valence-electron chi connectivity index (χ2n) is 5.69. The lowest BCUT2D eigenvalue weighted by molar-refractivity contribution is -0.120. The van der Waals surface area contributed by atoms with E-state index in [0.717, 1.165) is 31.6 Å². The number of hydrogen-bond donors (Lipinski definition) is 2. The Morgan fingerprint density at radius 3 is 2.43 bits per heavy atom. The molecule has 0 bridgehead atoms. The van der Waals surface area contributed by atoms with Gasteiger partial charge >= 0.3 is 0 Å². The summed E-state index contributed by atoms with van der Waals surface area (Å²) in [6.45, 7) is 6.95. The molecular weight excluding hydrogens is 286 g/mol. The zero-order valence-corrected chi connectivity index (χ0v) is 13.7. The summed E-state index contributed by atoms with van der Waals surface area (Å²) in [6, 6.07) is 10.8. The zero-order chi connectivity index (χ0) is 14.4. The molecule has 2 N–H and O–H groups in total. The number of para-hydroxylation sites is 1. The van der Waals surface area contributed by atoms with Crippen molar-refractivity contribution < 1.29 is 4.79 Å². The van der Waals surface area contributed by atoms with E-state index in [0.29, 0.717) is 18.6 Å². The minimum Gasteiger partial charge on any atom is -0.376 e. The van der Waals surface area contributed by atoms with E-state index in [-0.39, 0.29) is 18.3 Å². The molecule has 1 heterocycles. The van der Waals surface area contributed by atoms with Crippen molar-refractivity contribution in [3.05, 3.63) is 30.3 Å². The molecule has 5 heteroatoms.